The Labute approximate surface area is 106 Å². The molecule has 0 aliphatic rings. The highest BCUT2D eigenvalue weighted by Gasteiger charge is 2.24. The maximum atomic E-state index is 11.8. The maximum absolute atomic E-state index is 11.8. The van der Waals surface area contributed by atoms with Gasteiger partial charge < -0.3 is 11.1 Å². The van der Waals surface area contributed by atoms with Crippen molar-refractivity contribution in [1.29, 1.82) is 0 Å². The van der Waals surface area contributed by atoms with Gasteiger partial charge in [-0.15, -0.1) is 0 Å². The molecule has 1 heterocycles. The molecule has 0 saturated carbocycles. The van der Waals surface area contributed by atoms with Crippen molar-refractivity contribution < 1.29 is 4.79 Å². The number of nitrogens with one attached hydrogen (secondary N) is 1. The van der Waals surface area contributed by atoms with Crippen LogP contribution in [0.3, 0.4) is 0 Å². The van der Waals surface area contributed by atoms with E-state index in [1.807, 2.05) is 26.1 Å². The van der Waals surface area contributed by atoms with Gasteiger partial charge >= 0.3 is 0 Å². The van der Waals surface area contributed by atoms with Crippen LogP contribution >= 0.6 is 12.2 Å². The van der Waals surface area contributed by atoms with Gasteiger partial charge in [-0.1, -0.05) is 26.1 Å². The summed E-state index contributed by atoms with van der Waals surface area (Å²) in [5, 5.41) is 6.86. The van der Waals surface area contributed by atoms with E-state index in [1.54, 1.807) is 10.9 Å². The molecule has 6 heteroatoms. The highest BCUT2D eigenvalue weighted by molar-refractivity contribution is 7.80. The number of rotatable bonds is 6. The molecule has 1 rings (SSSR count). The quantitative estimate of drug-likeness (QED) is 0.727. The number of nitrogens with zero attached hydrogens (tertiary/aromatic N) is 2. The lowest BCUT2D eigenvalue weighted by Crippen LogP contribution is -2.41. The highest BCUT2D eigenvalue weighted by Crippen LogP contribution is 2.11. The standard InChI is InChI=1S/C11H18N4OS/c1-8(2)9(10(12)17)11(16)13-5-7-15-6-3-4-14-15/h3-4,6,8-9H,5,7H2,1-2H3,(H2,12,17)(H,13,16). The fourth-order valence-electron chi connectivity index (χ4n) is 1.60. The number of hydrogen-bond acceptors (Lipinski definition) is 3. The van der Waals surface area contributed by atoms with Gasteiger partial charge in [0.2, 0.25) is 5.91 Å². The first-order valence-corrected chi connectivity index (χ1v) is 5.97. The fourth-order valence-corrected chi connectivity index (χ4v) is 1.98. The van der Waals surface area contributed by atoms with Gasteiger partial charge in [-0.05, 0) is 12.0 Å². The van der Waals surface area contributed by atoms with Crippen molar-refractivity contribution in [2.24, 2.45) is 17.6 Å². The van der Waals surface area contributed by atoms with Gasteiger partial charge in [0.25, 0.3) is 0 Å². The fraction of sp³-hybridized carbons (Fsp3) is 0.545. The lowest BCUT2D eigenvalue weighted by atomic mass is 9.95. The van der Waals surface area contributed by atoms with E-state index in [0.717, 1.165) is 0 Å². The van der Waals surface area contributed by atoms with Crippen LogP contribution in [0.25, 0.3) is 0 Å². The molecule has 1 atom stereocenters. The zero-order valence-electron chi connectivity index (χ0n) is 10.1. The Hall–Kier alpha value is -1.43. The largest absolute Gasteiger partial charge is 0.393 e. The topological polar surface area (TPSA) is 72.9 Å². The number of hydrogen-bond donors (Lipinski definition) is 2. The van der Waals surface area contributed by atoms with E-state index in [1.165, 1.54) is 0 Å². The summed E-state index contributed by atoms with van der Waals surface area (Å²) in [5.74, 6) is -0.403. The average Bonchev–Trinajstić information content (AvgIpc) is 2.69. The van der Waals surface area contributed by atoms with Crippen LogP contribution in [0.1, 0.15) is 13.8 Å². The highest BCUT2D eigenvalue weighted by atomic mass is 32.1. The molecule has 0 saturated heterocycles. The zero-order chi connectivity index (χ0) is 12.8. The first kappa shape index (κ1) is 13.6. The lowest BCUT2D eigenvalue weighted by molar-refractivity contribution is -0.124. The van der Waals surface area contributed by atoms with Gasteiger partial charge in [-0.3, -0.25) is 9.48 Å². The Kier molecular flexibility index (Phi) is 5.09. The number of thiocarbonyl (C=S) groups is 1. The van der Waals surface area contributed by atoms with E-state index in [0.29, 0.717) is 13.1 Å². The molecular formula is C11H18N4OS. The third-order valence-corrected chi connectivity index (χ3v) is 2.71. The van der Waals surface area contributed by atoms with Crippen molar-refractivity contribution in [3.63, 3.8) is 0 Å². The minimum atomic E-state index is -0.400. The van der Waals surface area contributed by atoms with Crippen LogP contribution in [-0.2, 0) is 11.3 Å². The molecule has 94 valence electrons. The van der Waals surface area contributed by atoms with Crippen LogP contribution in [0, 0.1) is 11.8 Å². The van der Waals surface area contributed by atoms with Gasteiger partial charge in [-0.2, -0.15) is 5.10 Å². The summed E-state index contributed by atoms with van der Waals surface area (Å²) in [6.45, 7) is 5.01. The van der Waals surface area contributed by atoms with Crippen molar-refractivity contribution in [3.8, 4) is 0 Å². The van der Waals surface area contributed by atoms with Crippen molar-refractivity contribution >= 4 is 23.1 Å². The van der Waals surface area contributed by atoms with E-state index in [-0.39, 0.29) is 16.8 Å². The van der Waals surface area contributed by atoms with E-state index in [2.05, 4.69) is 10.4 Å². The molecule has 5 nitrogen and oxygen atoms in total. The summed E-state index contributed by atoms with van der Waals surface area (Å²) >= 11 is 4.90. The molecule has 0 aliphatic heterocycles. The summed E-state index contributed by atoms with van der Waals surface area (Å²) in [7, 11) is 0. The average molecular weight is 254 g/mol. The molecule has 17 heavy (non-hydrogen) atoms. The van der Waals surface area contributed by atoms with Gasteiger partial charge in [0.15, 0.2) is 0 Å². The van der Waals surface area contributed by atoms with Crippen LogP contribution in [0.4, 0.5) is 0 Å². The molecule has 0 spiro atoms. The Bertz CT molecular complexity index is 375. The second-order valence-electron chi connectivity index (χ2n) is 4.18. The number of carbonyl (C=O) groups excluding carboxylic acids is 1. The molecule has 1 aromatic rings. The molecule has 0 aliphatic carbocycles. The van der Waals surface area contributed by atoms with E-state index in [9.17, 15) is 4.79 Å². The van der Waals surface area contributed by atoms with E-state index in [4.69, 9.17) is 18.0 Å². The molecule has 0 bridgehead atoms. The smallest absolute Gasteiger partial charge is 0.230 e. The lowest BCUT2D eigenvalue weighted by Gasteiger charge is -2.18. The minimum absolute atomic E-state index is 0.109. The second kappa shape index (κ2) is 6.34. The maximum Gasteiger partial charge on any atom is 0.230 e. The Balaban J connectivity index is 2.40. The van der Waals surface area contributed by atoms with Gasteiger partial charge in [-0.25, -0.2) is 0 Å². The third-order valence-electron chi connectivity index (χ3n) is 2.45. The summed E-state index contributed by atoms with van der Waals surface area (Å²) in [5.41, 5.74) is 5.56. The summed E-state index contributed by atoms with van der Waals surface area (Å²) in [6, 6.07) is 1.84. The summed E-state index contributed by atoms with van der Waals surface area (Å²) < 4.78 is 1.76. The molecule has 3 N–H and O–H groups in total. The van der Waals surface area contributed by atoms with Crippen molar-refractivity contribution in [2.45, 2.75) is 20.4 Å². The monoisotopic (exact) mass is 254 g/mol. The predicted octanol–water partition coefficient (Wildman–Crippen LogP) is 0.558. The number of aromatic nitrogens is 2. The zero-order valence-corrected chi connectivity index (χ0v) is 10.9. The van der Waals surface area contributed by atoms with Crippen LogP contribution in [0.15, 0.2) is 18.5 Å². The SMILES string of the molecule is CC(C)C(C(=O)NCCn1cccn1)C(N)=S. The van der Waals surface area contributed by atoms with E-state index >= 15 is 0 Å². The van der Waals surface area contributed by atoms with Gasteiger partial charge in [0.1, 0.15) is 0 Å². The molecule has 1 aromatic heterocycles. The summed E-state index contributed by atoms with van der Waals surface area (Å²) in [4.78, 5) is 12.1. The number of carbonyl (C=O) groups is 1. The molecule has 1 unspecified atom stereocenters. The first-order chi connectivity index (χ1) is 8.02. The Morgan fingerprint density at radius 3 is 2.76 bits per heavy atom. The molecule has 0 aromatic carbocycles. The molecule has 1 amide bonds. The van der Waals surface area contributed by atoms with Crippen LogP contribution < -0.4 is 11.1 Å². The van der Waals surface area contributed by atoms with Crippen LogP contribution in [0.5, 0.6) is 0 Å². The normalized spacial score (nSPS) is 12.4. The molecule has 0 fully saturated rings. The van der Waals surface area contributed by atoms with Crippen LogP contribution in [-0.4, -0.2) is 27.2 Å². The summed E-state index contributed by atoms with van der Waals surface area (Å²) in [6.07, 6.45) is 3.55. The molecular weight excluding hydrogens is 236 g/mol. The predicted molar refractivity (Wildman–Crippen MR) is 70.4 cm³/mol. The van der Waals surface area contributed by atoms with Crippen LogP contribution in [0.2, 0.25) is 0 Å². The van der Waals surface area contributed by atoms with Crippen molar-refractivity contribution in [1.82, 2.24) is 15.1 Å². The Morgan fingerprint density at radius 2 is 2.29 bits per heavy atom. The van der Waals surface area contributed by atoms with Gasteiger partial charge in [0, 0.05) is 18.9 Å². The number of amides is 1. The minimum Gasteiger partial charge on any atom is -0.393 e. The second-order valence-corrected chi connectivity index (χ2v) is 4.66. The molecule has 0 radical (unpaired) electrons. The number of nitrogens with two attached hydrogens (primary N) is 1. The van der Waals surface area contributed by atoms with Crippen molar-refractivity contribution in [2.75, 3.05) is 6.54 Å². The van der Waals surface area contributed by atoms with Gasteiger partial charge in [0.05, 0.1) is 17.5 Å². The third kappa shape index (κ3) is 4.14. The van der Waals surface area contributed by atoms with Crippen molar-refractivity contribution in [3.05, 3.63) is 18.5 Å². The first-order valence-electron chi connectivity index (χ1n) is 5.57. The Morgan fingerprint density at radius 1 is 1.59 bits per heavy atom. The van der Waals surface area contributed by atoms with E-state index < -0.39 is 5.92 Å².